The Morgan fingerprint density at radius 2 is 2.22 bits per heavy atom. The van der Waals surface area contributed by atoms with Crippen LogP contribution >= 0.6 is 0 Å². The van der Waals surface area contributed by atoms with E-state index < -0.39 is 0 Å². The first-order valence-electron chi connectivity index (χ1n) is 6.46. The summed E-state index contributed by atoms with van der Waals surface area (Å²) in [6.45, 7) is 2.24. The molecule has 4 heteroatoms. The summed E-state index contributed by atoms with van der Waals surface area (Å²) in [6.07, 6.45) is 2.58. The minimum atomic E-state index is 0.641. The molecule has 1 unspecified atom stereocenters. The van der Waals surface area contributed by atoms with E-state index in [1.54, 1.807) is 7.11 Å². The van der Waals surface area contributed by atoms with Crippen LogP contribution in [0.3, 0.4) is 0 Å². The van der Waals surface area contributed by atoms with Crippen molar-refractivity contribution < 1.29 is 4.74 Å². The molecule has 0 radical (unpaired) electrons. The van der Waals surface area contributed by atoms with Gasteiger partial charge in [0.1, 0.15) is 5.75 Å². The van der Waals surface area contributed by atoms with Gasteiger partial charge in [-0.15, -0.1) is 0 Å². The summed E-state index contributed by atoms with van der Waals surface area (Å²) in [5.41, 5.74) is 7.76. The molecule has 0 spiro atoms. The van der Waals surface area contributed by atoms with Gasteiger partial charge in [-0.1, -0.05) is 0 Å². The number of rotatable bonds is 4. The Kier molecular flexibility index (Phi) is 3.97. The van der Waals surface area contributed by atoms with Crippen LogP contribution in [0.5, 0.6) is 5.75 Å². The van der Waals surface area contributed by atoms with Gasteiger partial charge in [0.05, 0.1) is 7.11 Å². The van der Waals surface area contributed by atoms with Crippen molar-refractivity contribution >= 4 is 11.4 Å². The zero-order valence-corrected chi connectivity index (χ0v) is 11.5. The van der Waals surface area contributed by atoms with E-state index in [1.807, 2.05) is 18.2 Å². The van der Waals surface area contributed by atoms with Gasteiger partial charge in [0.25, 0.3) is 0 Å². The third kappa shape index (κ3) is 2.88. The van der Waals surface area contributed by atoms with Gasteiger partial charge < -0.3 is 20.3 Å². The van der Waals surface area contributed by atoms with Crippen molar-refractivity contribution in [1.29, 1.82) is 0 Å². The Bertz CT molecular complexity index is 408. The number of likely N-dealkylation sites (tertiary alicyclic amines) is 1. The lowest BCUT2D eigenvalue weighted by atomic mass is 10.2. The number of nitrogens with zero attached hydrogens (tertiary/aromatic N) is 2. The molecule has 1 aliphatic heterocycles. The van der Waals surface area contributed by atoms with Crippen molar-refractivity contribution in [1.82, 2.24) is 4.90 Å². The minimum absolute atomic E-state index is 0.641. The number of hydrogen-bond donors (Lipinski definition) is 1. The fourth-order valence-corrected chi connectivity index (χ4v) is 2.58. The average molecular weight is 249 g/mol. The standard InChI is InChI=1S/C14H23N3O/c1-16-6-4-5-12(16)10-17(2)13-7-11(15)8-14(9-13)18-3/h7-9,12H,4-6,10,15H2,1-3H3. The summed E-state index contributed by atoms with van der Waals surface area (Å²) < 4.78 is 5.26. The molecular formula is C14H23N3O. The normalized spacial score (nSPS) is 20.1. The maximum absolute atomic E-state index is 5.89. The maximum atomic E-state index is 5.89. The van der Waals surface area contributed by atoms with Crippen LogP contribution < -0.4 is 15.4 Å². The second-order valence-electron chi connectivity index (χ2n) is 5.12. The van der Waals surface area contributed by atoms with Crippen LogP contribution in [0.15, 0.2) is 18.2 Å². The lowest BCUT2D eigenvalue weighted by molar-refractivity contribution is 0.314. The van der Waals surface area contributed by atoms with Gasteiger partial charge in [-0.25, -0.2) is 0 Å². The number of nitrogens with two attached hydrogens (primary N) is 1. The molecule has 1 aromatic rings. The predicted octanol–water partition coefficient (Wildman–Crippen LogP) is 1.81. The molecule has 18 heavy (non-hydrogen) atoms. The van der Waals surface area contributed by atoms with Crippen LogP contribution in [0.4, 0.5) is 11.4 Å². The Morgan fingerprint density at radius 3 is 2.83 bits per heavy atom. The van der Waals surface area contributed by atoms with E-state index in [9.17, 15) is 0 Å². The lowest BCUT2D eigenvalue weighted by Crippen LogP contribution is -2.36. The SMILES string of the molecule is COc1cc(N)cc(N(C)CC2CCCN2C)c1. The van der Waals surface area contributed by atoms with Gasteiger partial charge in [-0.3, -0.25) is 0 Å². The molecule has 1 atom stereocenters. The van der Waals surface area contributed by atoms with E-state index in [0.29, 0.717) is 6.04 Å². The molecule has 2 rings (SSSR count). The molecule has 0 saturated carbocycles. The van der Waals surface area contributed by atoms with Gasteiger partial charge >= 0.3 is 0 Å². The second kappa shape index (κ2) is 5.48. The smallest absolute Gasteiger partial charge is 0.122 e. The summed E-state index contributed by atoms with van der Waals surface area (Å²) in [7, 11) is 5.98. The summed E-state index contributed by atoms with van der Waals surface area (Å²) in [5, 5.41) is 0. The number of benzene rings is 1. The Labute approximate surface area is 109 Å². The van der Waals surface area contributed by atoms with Crippen LogP contribution in [0, 0.1) is 0 Å². The Hall–Kier alpha value is -1.42. The number of likely N-dealkylation sites (N-methyl/N-ethyl adjacent to an activating group) is 2. The maximum Gasteiger partial charge on any atom is 0.122 e. The zero-order chi connectivity index (χ0) is 13.1. The highest BCUT2D eigenvalue weighted by molar-refractivity contribution is 5.60. The number of anilines is 2. The first kappa shape index (κ1) is 13.0. The summed E-state index contributed by atoms with van der Waals surface area (Å²) in [4.78, 5) is 4.69. The topological polar surface area (TPSA) is 41.7 Å². The summed E-state index contributed by atoms with van der Waals surface area (Å²) >= 11 is 0. The van der Waals surface area contributed by atoms with Crippen molar-refractivity contribution in [2.24, 2.45) is 0 Å². The third-order valence-electron chi connectivity index (χ3n) is 3.75. The Morgan fingerprint density at radius 1 is 1.44 bits per heavy atom. The molecule has 100 valence electrons. The van der Waals surface area contributed by atoms with E-state index in [4.69, 9.17) is 10.5 Å². The molecule has 1 aliphatic rings. The number of nitrogen functional groups attached to an aromatic ring is 1. The molecule has 1 saturated heterocycles. The fraction of sp³-hybridized carbons (Fsp3) is 0.571. The van der Waals surface area contributed by atoms with Crippen LogP contribution in [0.1, 0.15) is 12.8 Å². The molecule has 0 amide bonds. The Balaban J connectivity index is 2.08. The van der Waals surface area contributed by atoms with Crippen molar-refractivity contribution in [3.05, 3.63) is 18.2 Å². The molecule has 4 nitrogen and oxygen atoms in total. The highest BCUT2D eigenvalue weighted by atomic mass is 16.5. The molecule has 1 heterocycles. The van der Waals surface area contributed by atoms with Crippen LogP contribution in [0.2, 0.25) is 0 Å². The second-order valence-corrected chi connectivity index (χ2v) is 5.12. The van der Waals surface area contributed by atoms with E-state index >= 15 is 0 Å². The van der Waals surface area contributed by atoms with Gasteiger partial charge in [0.15, 0.2) is 0 Å². The largest absolute Gasteiger partial charge is 0.497 e. The average Bonchev–Trinajstić information content (AvgIpc) is 2.74. The van der Waals surface area contributed by atoms with Crippen LogP contribution in [0.25, 0.3) is 0 Å². The van der Waals surface area contributed by atoms with Gasteiger partial charge in [0.2, 0.25) is 0 Å². The lowest BCUT2D eigenvalue weighted by Gasteiger charge is -2.27. The third-order valence-corrected chi connectivity index (χ3v) is 3.75. The fourth-order valence-electron chi connectivity index (χ4n) is 2.58. The molecule has 2 N–H and O–H groups in total. The highest BCUT2D eigenvalue weighted by Crippen LogP contribution is 2.26. The number of methoxy groups -OCH3 is 1. The highest BCUT2D eigenvalue weighted by Gasteiger charge is 2.22. The minimum Gasteiger partial charge on any atom is -0.497 e. The van der Waals surface area contributed by atoms with Crippen LogP contribution in [-0.2, 0) is 0 Å². The zero-order valence-electron chi connectivity index (χ0n) is 11.5. The monoisotopic (exact) mass is 249 g/mol. The number of hydrogen-bond acceptors (Lipinski definition) is 4. The van der Waals surface area contributed by atoms with E-state index in [1.165, 1.54) is 19.4 Å². The van der Waals surface area contributed by atoms with E-state index in [2.05, 4.69) is 23.9 Å². The summed E-state index contributed by atoms with van der Waals surface area (Å²) in [5.74, 6) is 0.816. The van der Waals surface area contributed by atoms with Crippen LogP contribution in [-0.4, -0.2) is 45.2 Å². The quantitative estimate of drug-likeness (QED) is 0.826. The first-order chi connectivity index (χ1) is 8.60. The van der Waals surface area contributed by atoms with E-state index in [-0.39, 0.29) is 0 Å². The molecule has 0 aliphatic carbocycles. The van der Waals surface area contributed by atoms with Gasteiger partial charge in [-0.2, -0.15) is 0 Å². The number of ether oxygens (including phenoxy) is 1. The van der Waals surface area contributed by atoms with Gasteiger partial charge in [-0.05, 0) is 32.5 Å². The summed E-state index contributed by atoms with van der Waals surface area (Å²) in [6, 6.07) is 6.52. The predicted molar refractivity (Wildman–Crippen MR) is 76.3 cm³/mol. The molecule has 0 bridgehead atoms. The molecular weight excluding hydrogens is 226 g/mol. The van der Waals surface area contributed by atoms with Crippen molar-refractivity contribution in [2.45, 2.75) is 18.9 Å². The molecule has 1 fully saturated rings. The van der Waals surface area contributed by atoms with Crippen molar-refractivity contribution in [2.75, 3.05) is 44.9 Å². The molecule has 1 aromatic carbocycles. The first-order valence-corrected chi connectivity index (χ1v) is 6.46. The van der Waals surface area contributed by atoms with Crippen molar-refractivity contribution in [3.63, 3.8) is 0 Å². The molecule has 0 aromatic heterocycles. The van der Waals surface area contributed by atoms with Crippen molar-refractivity contribution in [3.8, 4) is 5.75 Å². The van der Waals surface area contributed by atoms with E-state index in [0.717, 1.165) is 23.7 Å². The van der Waals surface area contributed by atoms with Gasteiger partial charge in [0, 0.05) is 43.1 Å².